The van der Waals surface area contributed by atoms with E-state index in [4.69, 9.17) is 8.97 Å². The van der Waals surface area contributed by atoms with Crippen molar-refractivity contribution in [3.63, 3.8) is 0 Å². The molecule has 0 radical (unpaired) electrons. The highest BCUT2D eigenvalue weighted by Gasteiger charge is 2.09. The number of nitrogens with one attached hydrogen (secondary N) is 1. The molecule has 0 bridgehead atoms. The molecule has 28 heavy (non-hydrogen) atoms. The van der Waals surface area contributed by atoms with Crippen LogP contribution >= 0.6 is 0 Å². The highest BCUT2D eigenvalue weighted by atomic mass is 32.2. The van der Waals surface area contributed by atoms with E-state index in [1.807, 2.05) is 26.8 Å². The van der Waals surface area contributed by atoms with Gasteiger partial charge in [-0.05, 0) is 43.3 Å². The predicted molar refractivity (Wildman–Crippen MR) is 110 cm³/mol. The van der Waals surface area contributed by atoms with Gasteiger partial charge in [0.2, 0.25) is 10.0 Å². The first kappa shape index (κ1) is 21.9. The van der Waals surface area contributed by atoms with Crippen LogP contribution in [0.3, 0.4) is 0 Å². The van der Waals surface area contributed by atoms with Crippen molar-refractivity contribution in [2.24, 2.45) is 0 Å². The van der Waals surface area contributed by atoms with Gasteiger partial charge < -0.3 is 4.42 Å². The quantitative estimate of drug-likeness (QED) is 0.607. The van der Waals surface area contributed by atoms with Gasteiger partial charge >= 0.3 is 0 Å². The molecule has 9 heteroatoms. The van der Waals surface area contributed by atoms with Crippen molar-refractivity contribution < 1.29 is 25.8 Å². The van der Waals surface area contributed by atoms with Gasteiger partial charge in [0.25, 0.3) is 10.1 Å². The Labute approximate surface area is 165 Å². The molecule has 2 N–H and O–H groups in total. The average molecular weight is 426 g/mol. The summed E-state index contributed by atoms with van der Waals surface area (Å²) in [6.45, 7) is 5.94. The van der Waals surface area contributed by atoms with Crippen LogP contribution in [0.25, 0.3) is 11.0 Å². The maximum atomic E-state index is 11.1. The van der Waals surface area contributed by atoms with Crippen molar-refractivity contribution in [1.29, 1.82) is 0 Å². The van der Waals surface area contributed by atoms with Crippen LogP contribution in [-0.2, 0) is 20.1 Å². The lowest BCUT2D eigenvalue weighted by Gasteiger charge is -2.02. The molecule has 3 rings (SSSR count). The zero-order valence-corrected chi connectivity index (χ0v) is 17.6. The van der Waals surface area contributed by atoms with Crippen LogP contribution in [0, 0.1) is 6.92 Å². The molecule has 0 spiro atoms. The maximum absolute atomic E-state index is 11.1. The molecule has 0 aliphatic rings. The third-order valence-corrected chi connectivity index (χ3v) is 5.20. The van der Waals surface area contributed by atoms with E-state index in [-0.39, 0.29) is 4.90 Å². The Hall–Kier alpha value is -2.36. The number of hydrogen-bond acceptors (Lipinski definition) is 5. The van der Waals surface area contributed by atoms with E-state index in [0.29, 0.717) is 11.6 Å². The van der Waals surface area contributed by atoms with Crippen LogP contribution in [0.15, 0.2) is 57.8 Å². The molecule has 0 atom stereocenters. The van der Waals surface area contributed by atoms with Gasteiger partial charge in [0.1, 0.15) is 11.3 Å². The summed E-state index contributed by atoms with van der Waals surface area (Å²) >= 11 is 0. The van der Waals surface area contributed by atoms with Crippen molar-refractivity contribution in [1.82, 2.24) is 0 Å². The van der Waals surface area contributed by atoms with E-state index < -0.39 is 20.1 Å². The molecule has 1 heterocycles. The molecule has 152 valence electrons. The largest absolute Gasteiger partial charge is 0.461 e. The van der Waals surface area contributed by atoms with Crippen LogP contribution in [0.2, 0.25) is 0 Å². The number of aryl methyl sites for hydroxylation is 1. The summed E-state index contributed by atoms with van der Waals surface area (Å²) in [5.74, 6) is 1.21. The SMILES string of the molecule is CC(C)c1cc2cc(NS(C)(=O)=O)ccc2o1.Cc1ccc(S(=O)(=O)O)cc1. The normalized spacial score (nSPS) is 11.9. The highest BCUT2D eigenvalue weighted by molar-refractivity contribution is 7.92. The summed E-state index contributed by atoms with van der Waals surface area (Å²) in [6, 6.07) is 13.2. The highest BCUT2D eigenvalue weighted by Crippen LogP contribution is 2.27. The number of fused-ring (bicyclic) bond motifs is 1. The third kappa shape index (κ3) is 6.36. The molecular formula is C19H23NO6S2. The second kappa shape index (κ2) is 8.34. The number of sulfonamides is 1. The Kier molecular flexibility index (Phi) is 6.53. The lowest BCUT2D eigenvalue weighted by molar-refractivity contribution is 0.483. The topological polar surface area (TPSA) is 114 Å². The van der Waals surface area contributed by atoms with E-state index in [9.17, 15) is 16.8 Å². The Morgan fingerprint density at radius 1 is 0.964 bits per heavy atom. The fourth-order valence-corrected chi connectivity index (χ4v) is 3.37. The van der Waals surface area contributed by atoms with Crippen LogP contribution in [0.5, 0.6) is 0 Å². The average Bonchev–Trinajstić information content (AvgIpc) is 2.97. The second-order valence-electron chi connectivity index (χ2n) is 6.72. The summed E-state index contributed by atoms with van der Waals surface area (Å²) in [5.41, 5.74) is 2.28. The Bertz CT molecular complexity index is 1160. The molecule has 1 aromatic heterocycles. The smallest absolute Gasteiger partial charge is 0.294 e. The number of rotatable bonds is 4. The standard InChI is InChI=1S/C12H15NO3S.C7H8O3S/c1-8(2)12-7-9-6-10(13-17(3,14)15)4-5-11(9)16-12;1-6-2-4-7(5-3-6)11(8,9)10/h4-8,13H,1-3H3;2-5H,1H3,(H,8,9,10). The van der Waals surface area contributed by atoms with Crippen molar-refractivity contribution >= 4 is 36.8 Å². The third-order valence-electron chi connectivity index (χ3n) is 3.73. The van der Waals surface area contributed by atoms with Gasteiger partial charge in [0.15, 0.2) is 0 Å². The van der Waals surface area contributed by atoms with E-state index in [2.05, 4.69) is 4.72 Å². The fraction of sp³-hybridized carbons (Fsp3) is 0.263. The van der Waals surface area contributed by atoms with Gasteiger partial charge in [0.05, 0.1) is 11.2 Å². The fourth-order valence-electron chi connectivity index (χ4n) is 2.34. The molecule has 3 aromatic rings. The molecule has 0 aliphatic carbocycles. The van der Waals surface area contributed by atoms with E-state index >= 15 is 0 Å². The van der Waals surface area contributed by atoms with E-state index in [1.54, 1.807) is 30.3 Å². The molecule has 0 unspecified atom stereocenters. The molecule has 0 fully saturated rings. The molecule has 7 nitrogen and oxygen atoms in total. The van der Waals surface area contributed by atoms with Gasteiger partial charge in [-0.1, -0.05) is 31.5 Å². The van der Waals surface area contributed by atoms with Crippen LogP contribution in [0.4, 0.5) is 5.69 Å². The molecule has 0 saturated heterocycles. The van der Waals surface area contributed by atoms with E-state index in [0.717, 1.165) is 28.5 Å². The minimum absolute atomic E-state index is 0.0666. The van der Waals surface area contributed by atoms with Gasteiger partial charge in [0, 0.05) is 17.0 Å². The van der Waals surface area contributed by atoms with Crippen molar-refractivity contribution in [3.8, 4) is 0 Å². The molecule has 0 aliphatic heterocycles. The Morgan fingerprint density at radius 3 is 2.07 bits per heavy atom. The zero-order valence-electron chi connectivity index (χ0n) is 16.0. The van der Waals surface area contributed by atoms with Crippen molar-refractivity contribution in [3.05, 3.63) is 59.9 Å². The lowest BCUT2D eigenvalue weighted by atomic mass is 10.1. The molecular weight excluding hydrogens is 402 g/mol. The molecule has 0 saturated carbocycles. The second-order valence-corrected chi connectivity index (χ2v) is 9.89. The first-order valence-electron chi connectivity index (χ1n) is 8.40. The van der Waals surface area contributed by atoms with Crippen molar-refractivity contribution in [2.45, 2.75) is 31.6 Å². The number of anilines is 1. The van der Waals surface area contributed by atoms with Crippen LogP contribution in [-0.4, -0.2) is 27.6 Å². The minimum atomic E-state index is -4.02. The first-order chi connectivity index (χ1) is 12.8. The number of hydrogen-bond donors (Lipinski definition) is 2. The predicted octanol–water partition coefficient (Wildman–Crippen LogP) is 4.17. The van der Waals surface area contributed by atoms with Crippen LogP contribution < -0.4 is 4.72 Å². The molecule has 2 aromatic carbocycles. The zero-order chi connectivity index (χ0) is 21.1. The van der Waals surface area contributed by atoms with Crippen LogP contribution in [0.1, 0.15) is 31.1 Å². The Morgan fingerprint density at radius 2 is 1.57 bits per heavy atom. The van der Waals surface area contributed by atoms with Gasteiger partial charge in [-0.2, -0.15) is 8.42 Å². The van der Waals surface area contributed by atoms with Gasteiger partial charge in [-0.3, -0.25) is 9.27 Å². The number of benzene rings is 2. The molecule has 0 amide bonds. The Balaban J connectivity index is 0.000000221. The maximum Gasteiger partial charge on any atom is 0.294 e. The summed E-state index contributed by atoms with van der Waals surface area (Å²) in [7, 11) is -7.26. The monoisotopic (exact) mass is 425 g/mol. The summed E-state index contributed by atoms with van der Waals surface area (Å²) in [6.07, 6.45) is 1.13. The minimum Gasteiger partial charge on any atom is -0.461 e. The summed E-state index contributed by atoms with van der Waals surface area (Å²) in [4.78, 5) is -0.0666. The summed E-state index contributed by atoms with van der Waals surface area (Å²) in [5, 5.41) is 0.905. The van der Waals surface area contributed by atoms with Gasteiger partial charge in [-0.15, -0.1) is 0 Å². The van der Waals surface area contributed by atoms with E-state index in [1.165, 1.54) is 12.1 Å². The first-order valence-corrected chi connectivity index (χ1v) is 11.7. The summed E-state index contributed by atoms with van der Waals surface area (Å²) < 4.78 is 59.9. The lowest BCUT2D eigenvalue weighted by Crippen LogP contribution is -2.09. The van der Waals surface area contributed by atoms with Gasteiger partial charge in [-0.25, -0.2) is 8.42 Å². The van der Waals surface area contributed by atoms with Crippen molar-refractivity contribution in [2.75, 3.05) is 11.0 Å². The number of furan rings is 1.